The second-order valence-corrected chi connectivity index (χ2v) is 6.78. The molecule has 1 aromatic heterocycles. The molecule has 10 heteroatoms. The Bertz CT molecular complexity index is 1020. The maximum Gasteiger partial charge on any atom is 0.316 e. The Balaban J connectivity index is 1.40. The minimum absolute atomic E-state index is 0.00604. The number of oxazole rings is 1. The van der Waals surface area contributed by atoms with Crippen molar-refractivity contribution >= 4 is 34.5 Å². The molecule has 0 atom stereocenters. The van der Waals surface area contributed by atoms with E-state index < -0.39 is 10.9 Å². The van der Waals surface area contributed by atoms with Crippen LogP contribution in [0.5, 0.6) is 5.75 Å². The average molecular weight is 402 g/mol. The summed E-state index contributed by atoms with van der Waals surface area (Å²) in [6.07, 6.45) is 0. The first-order valence-electron chi connectivity index (χ1n) is 8.25. The Hall–Kier alpha value is -3.11. The van der Waals surface area contributed by atoms with E-state index in [0.717, 1.165) is 11.8 Å². The molecular formula is C18H14N2O7S. The van der Waals surface area contributed by atoms with Gasteiger partial charge < -0.3 is 18.6 Å². The number of carbonyl (C=O) groups excluding carboxylic acids is 1. The number of para-hydroxylation sites is 2. The molecule has 0 spiro atoms. The average Bonchev–Trinajstić information content (AvgIpc) is 3.13. The SMILES string of the molecule is O=C(CSc1nc2ccccc2o1)OCc1cc([N+](=O)[O-])cc2c1OCOC2. The molecule has 3 aromatic rings. The molecule has 144 valence electrons. The van der Waals surface area contributed by atoms with E-state index in [1.807, 2.05) is 18.2 Å². The van der Waals surface area contributed by atoms with Gasteiger partial charge in [0.05, 0.1) is 11.5 Å². The van der Waals surface area contributed by atoms with E-state index in [9.17, 15) is 14.9 Å². The number of hydrogen-bond donors (Lipinski definition) is 0. The third kappa shape index (κ3) is 3.92. The molecule has 0 saturated carbocycles. The summed E-state index contributed by atoms with van der Waals surface area (Å²) in [5.74, 6) is -0.0516. The maximum absolute atomic E-state index is 12.1. The highest BCUT2D eigenvalue weighted by Gasteiger charge is 2.22. The molecule has 0 aliphatic carbocycles. The molecule has 0 radical (unpaired) electrons. The fourth-order valence-electron chi connectivity index (χ4n) is 2.73. The van der Waals surface area contributed by atoms with Gasteiger partial charge >= 0.3 is 5.97 Å². The summed E-state index contributed by atoms with van der Waals surface area (Å²) in [4.78, 5) is 26.9. The van der Waals surface area contributed by atoms with Crippen LogP contribution in [-0.4, -0.2) is 28.4 Å². The van der Waals surface area contributed by atoms with Crippen LogP contribution in [-0.2, 0) is 27.5 Å². The Labute approximate surface area is 162 Å². The van der Waals surface area contributed by atoms with Crippen molar-refractivity contribution in [3.8, 4) is 5.75 Å². The van der Waals surface area contributed by atoms with E-state index in [4.69, 9.17) is 18.6 Å². The van der Waals surface area contributed by atoms with E-state index in [1.54, 1.807) is 6.07 Å². The Morgan fingerprint density at radius 1 is 1.32 bits per heavy atom. The summed E-state index contributed by atoms with van der Waals surface area (Å²) in [5, 5.41) is 11.5. The number of thioether (sulfide) groups is 1. The Kier molecular flexibility index (Phi) is 5.13. The largest absolute Gasteiger partial charge is 0.467 e. The van der Waals surface area contributed by atoms with Crippen molar-refractivity contribution < 1.29 is 28.3 Å². The normalized spacial score (nSPS) is 13.0. The van der Waals surface area contributed by atoms with Crippen LogP contribution >= 0.6 is 11.8 Å². The van der Waals surface area contributed by atoms with Gasteiger partial charge in [-0.15, -0.1) is 0 Å². The van der Waals surface area contributed by atoms with Crippen LogP contribution in [0.1, 0.15) is 11.1 Å². The van der Waals surface area contributed by atoms with Gasteiger partial charge in [0.1, 0.15) is 23.6 Å². The van der Waals surface area contributed by atoms with Gasteiger partial charge in [-0.2, -0.15) is 0 Å². The first-order valence-corrected chi connectivity index (χ1v) is 9.23. The highest BCUT2D eigenvalue weighted by Crippen LogP contribution is 2.33. The monoisotopic (exact) mass is 402 g/mol. The van der Waals surface area contributed by atoms with E-state index in [0.29, 0.717) is 33.2 Å². The van der Waals surface area contributed by atoms with E-state index in [-0.39, 0.29) is 31.4 Å². The topological polar surface area (TPSA) is 114 Å². The molecule has 2 aromatic carbocycles. The summed E-state index contributed by atoms with van der Waals surface area (Å²) in [6, 6.07) is 10.0. The number of carbonyl (C=O) groups is 1. The molecule has 1 aliphatic rings. The van der Waals surface area contributed by atoms with E-state index >= 15 is 0 Å². The zero-order valence-electron chi connectivity index (χ0n) is 14.5. The molecule has 0 N–H and O–H groups in total. The number of nitro benzene ring substituents is 1. The van der Waals surface area contributed by atoms with Crippen molar-refractivity contribution in [2.24, 2.45) is 0 Å². The van der Waals surface area contributed by atoms with Crippen LogP contribution in [0.3, 0.4) is 0 Å². The van der Waals surface area contributed by atoms with Crippen molar-refractivity contribution in [1.29, 1.82) is 0 Å². The van der Waals surface area contributed by atoms with Gasteiger partial charge in [-0.05, 0) is 12.1 Å². The second-order valence-electron chi connectivity index (χ2n) is 5.86. The van der Waals surface area contributed by atoms with Crippen LogP contribution in [0.4, 0.5) is 5.69 Å². The number of fused-ring (bicyclic) bond motifs is 2. The second kappa shape index (κ2) is 7.87. The molecule has 0 fully saturated rings. The third-order valence-electron chi connectivity index (χ3n) is 3.96. The van der Waals surface area contributed by atoms with Gasteiger partial charge in [-0.25, -0.2) is 4.98 Å². The predicted octanol–water partition coefficient (Wildman–Crippen LogP) is 3.44. The lowest BCUT2D eigenvalue weighted by Crippen LogP contribution is -2.15. The van der Waals surface area contributed by atoms with Crippen LogP contribution in [0.25, 0.3) is 11.1 Å². The molecule has 1 aliphatic heterocycles. The number of esters is 1. The summed E-state index contributed by atoms with van der Waals surface area (Å²) in [7, 11) is 0. The predicted molar refractivity (Wildman–Crippen MR) is 97.9 cm³/mol. The number of nitrogens with zero attached hydrogens (tertiary/aromatic N) is 2. The molecular weight excluding hydrogens is 388 g/mol. The molecule has 28 heavy (non-hydrogen) atoms. The molecule has 9 nitrogen and oxygen atoms in total. The first-order chi connectivity index (χ1) is 13.6. The van der Waals surface area contributed by atoms with Crippen molar-refractivity contribution in [2.45, 2.75) is 18.4 Å². The number of non-ortho nitro benzene ring substituents is 1. The van der Waals surface area contributed by atoms with Crippen LogP contribution in [0, 0.1) is 10.1 Å². The van der Waals surface area contributed by atoms with Gasteiger partial charge in [-0.3, -0.25) is 14.9 Å². The molecule has 0 bridgehead atoms. The molecule has 4 rings (SSSR count). The fourth-order valence-corrected chi connectivity index (χ4v) is 3.36. The number of benzene rings is 2. The summed E-state index contributed by atoms with van der Waals surface area (Å²) < 4.78 is 21.4. The lowest BCUT2D eigenvalue weighted by atomic mass is 10.1. The Morgan fingerprint density at radius 3 is 3.00 bits per heavy atom. The van der Waals surface area contributed by atoms with Gasteiger partial charge in [0.25, 0.3) is 10.9 Å². The summed E-state index contributed by atoms with van der Waals surface area (Å²) >= 11 is 1.11. The first kappa shape index (κ1) is 18.3. The van der Waals surface area contributed by atoms with Crippen LogP contribution in [0.2, 0.25) is 0 Å². The minimum Gasteiger partial charge on any atom is -0.467 e. The van der Waals surface area contributed by atoms with Gasteiger partial charge in [0, 0.05) is 23.3 Å². The molecule has 0 unspecified atom stereocenters. The number of aromatic nitrogens is 1. The lowest BCUT2D eigenvalue weighted by Gasteiger charge is -2.20. The van der Waals surface area contributed by atoms with Crippen LogP contribution < -0.4 is 4.74 Å². The fraction of sp³-hybridized carbons (Fsp3) is 0.222. The summed E-state index contributed by atoms with van der Waals surface area (Å²) in [5.41, 5.74) is 2.21. The standard InChI is InChI=1S/C18H14N2O7S/c21-16(9-28-18-19-14-3-1-2-4-15(14)27-18)25-8-12-6-13(20(22)23)5-11-7-24-10-26-17(11)12/h1-6H,7-10H2. The zero-order chi connectivity index (χ0) is 19.5. The highest BCUT2D eigenvalue weighted by molar-refractivity contribution is 7.99. The van der Waals surface area contributed by atoms with Crippen molar-refractivity contribution in [3.63, 3.8) is 0 Å². The quantitative estimate of drug-likeness (QED) is 0.265. The van der Waals surface area contributed by atoms with E-state index in [1.165, 1.54) is 12.1 Å². The smallest absolute Gasteiger partial charge is 0.316 e. The number of ether oxygens (including phenoxy) is 3. The molecule has 0 saturated heterocycles. The van der Waals surface area contributed by atoms with Crippen LogP contribution in [0.15, 0.2) is 46.0 Å². The van der Waals surface area contributed by atoms with Gasteiger partial charge in [-0.1, -0.05) is 23.9 Å². The number of nitro groups is 1. The lowest BCUT2D eigenvalue weighted by molar-refractivity contribution is -0.385. The highest BCUT2D eigenvalue weighted by atomic mass is 32.2. The zero-order valence-corrected chi connectivity index (χ0v) is 15.3. The number of rotatable bonds is 6. The minimum atomic E-state index is -0.511. The molecule has 2 heterocycles. The molecule has 0 amide bonds. The van der Waals surface area contributed by atoms with Crippen molar-refractivity contribution in [3.05, 3.63) is 57.6 Å². The van der Waals surface area contributed by atoms with Crippen molar-refractivity contribution in [2.75, 3.05) is 12.5 Å². The summed E-state index contributed by atoms with van der Waals surface area (Å²) in [6.45, 7) is 0.0990. The van der Waals surface area contributed by atoms with E-state index in [2.05, 4.69) is 4.98 Å². The maximum atomic E-state index is 12.1. The Morgan fingerprint density at radius 2 is 2.18 bits per heavy atom. The van der Waals surface area contributed by atoms with Crippen molar-refractivity contribution in [1.82, 2.24) is 4.98 Å². The third-order valence-corrected chi connectivity index (χ3v) is 4.76. The number of hydrogen-bond acceptors (Lipinski definition) is 9. The van der Waals surface area contributed by atoms with Gasteiger partial charge in [0.15, 0.2) is 12.4 Å². The van der Waals surface area contributed by atoms with Gasteiger partial charge in [0.2, 0.25) is 0 Å².